The van der Waals surface area contributed by atoms with E-state index in [1.54, 1.807) is 0 Å². The van der Waals surface area contributed by atoms with Gasteiger partial charge in [-0.25, -0.2) is 9.97 Å². The molecule has 0 radical (unpaired) electrons. The van der Waals surface area contributed by atoms with Crippen LogP contribution in [0.1, 0.15) is 12.1 Å². The number of aryl methyl sites for hydroxylation is 1. The summed E-state index contributed by atoms with van der Waals surface area (Å²) in [6.45, 7) is 6.93. The second-order valence-electron chi connectivity index (χ2n) is 4.40. The fourth-order valence-electron chi connectivity index (χ4n) is 2.12. The van der Waals surface area contributed by atoms with Crippen molar-refractivity contribution in [3.8, 4) is 0 Å². The van der Waals surface area contributed by atoms with Gasteiger partial charge in [0.1, 0.15) is 0 Å². The highest BCUT2D eigenvalue weighted by atomic mass is 16.3. The lowest BCUT2D eigenvalue weighted by Gasteiger charge is -2.21. The first-order valence-corrected chi connectivity index (χ1v) is 6.17. The van der Waals surface area contributed by atoms with Crippen LogP contribution in [0, 0.1) is 6.92 Å². The summed E-state index contributed by atoms with van der Waals surface area (Å²) in [5, 5.41) is 8.95. The first kappa shape index (κ1) is 12.3. The van der Waals surface area contributed by atoms with E-state index in [4.69, 9.17) is 5.11 Å². The van der Waals surface area contributed by atoms with Gasteiger partial charge >= 0.3 is 0 Å². The number of anilines is 1. The molecule has 2 rings (SSSR count). The highest BCUT2D eigenvalue weighted by molar-refractivity contribution is 5.30. The summed E-state index contributed by atoms with van der Waals surface area (Å²) in [5.74, 6) is 0.829. The SMILES string of the molecule is Cc1ccnc(N2CCCN(CCO)CC2)n1. The molecule has 0 atom stereocenters. The molecule has 0 spiro atoms. The highest BCUT2D eigenvalue weighted by Gasteiger charge is 2.16. The Kier molecular flexibility index (Phi) is 4.28. The molecule has 1 aromatic rings. The van der Waals surface area contributed by atoms with Gasteiger partial charge in [0.15, 0.2) is 0 Å². The fourth-order valence-corrected chi connectivity index (χ4v) is 2.12. The van der Waals surface area contributed by atoms with Crippen LogP contribution >= 0.6 is 0 Å². The van der Waals surface area contributed by atoms with Crippen molar-refractivity contribution >= 4 is 5.95 Å². The number of aliphatic hydroxyl groups excluding tert-OH is 1. The number of hydrogen-bond donors (Lipinski definition) is 1. The van der Waals surface area contributed by atoms with E-state index in [1.165, 1.54) is 0 Å². The lowest BCUT2D eigenvalue weighted by Crippen LogP contribution is -2.33. The van der Waals surface area contributed by atoms with E-state index in [9.17, 15) is 0 Å². The van der Waals surface area contributed by atoms with E-state index < -0.39 is 0 Å². The zero-order chi connectivity index (χ0) is 12.1. The molecule has 1 aromatic heterocycles. The zero-order valence-corrected chi connectivity index (χ0v) is 10.3. The number of aromatic nitrogens is 2. The smallest absolute Gasteiger partial charge is 0.225 e. The normalized spacial score (nSPS) is 18.1. The van der Waals surface area contributed by atoms with Crippen molar-refractivity contribution in [2.45, 2.75) is 13.3 Å². The second kappa shape index (κ2) is 5.93. The molecule has 2 heterocycles. The van der Waals surface area contributed by atoms with Crippen molar-refractivity contribution in [1.82, 2.24) is 14.9 Å². The molecule has 5 nitrogen and oxygen atoms in total. The summed E-state index contributed by atoms with van der Waals surface area (Å²) < 4.78 is 0. The third-order valence-corrected chi connectivity index (χ3v) is 3.07. The van der Waals surface area contributed by atoms with Crippen LogP contribution in [0.15, 0.2) is 12.3 Å². The molecule has 17 heavy (non-hydrogen) atoms. The van der Waals surface area contributed by atoms with Crippen LogP contribution in [-0.4, -0.2) is 59.3 Å². The Morgan fingerprint density at radius 3 is 2.94 bits per heavy atom. The average Bonchev–Trinajstić information content (AvgIpc) is 2.55. The van der Waals surface area contributed by atoms with Crippen LogP contribution in [0.3, 0.4) is 0 Å². The topological polar surface area (TPSA) is 52.5 Å². The van der Waals surface area contributed by atoms with Crippen LogP contribution in [-0.2, 0) is 0 Å². The Bertz CT molecular complexity index is 358. The van der Waals surface area contributed by atoms with Gasteiger partial charge < -0.3 is 10.0 Å². The monoisotopic (exact) mass is 236 g/mol. The quantitative estimate of drug-likeness (QED) is 0.817. The van der Waals surface area contributed by atoms with Gasteiger partial charge in [0.2, 0.25) is 5.95 Å². The third kappa shape index (κ3) is 3.38. The van der Waals surface area contributed by atoms with Gasteiger partial charge in [-0.15, -0.1) is 0 Å². The van der Waals surface area contributed by atoms with Crippen molar-refractivity contribution in [1.29, 1.82) is 0 Å². The minimum Gasteiger partial charge on any atom is -0.395 e. The molecule has 1 aliphatic heterocycles. The standard InChI is InChI=1S/C12H20N4O/c1-11-3-4-13-12(14-11)16-6-2-5-15(7-8-16)9-10-17/h3-4,17H,2,5-10H2,1H3. The predicted molar refractivity (Wildman–Crippen MR) is 67.1 cm³/mol. The predicted octanol–water partition coefficient (Wildman–Crippen LogP) is 0.289. The van der Waals surface area contributed by atoms with Crippen molar-refractivity contribution in [2.75, 3.05) is 44.2 Å². The molecule has 0 aromatic carbocycles. The van der Waals surface area contributed by atoms with Crippen molar-refractivity contribution in [3.63, 3.8) is 0 Å². The maximum absolute atomic E-state index is 8.95. The summed E-state index contributed by atoms with van der Waals surface area (Å²) in [6.07, 6.45) is 2.91. The minimum atomic E-state index is 0.237. The van der Waals surface area contributed by atoms with Gasteiger partial charge in [-0.1, -0.05) is 0 Å². The lowest BCUT2D eigenvalue weighted by atomic mass is 10.4. The molecule has 5 heteroatoms. The van der Waals surface area contributed by atoms with E-state index >= 15 is 0 Å². The molecule has 1 fully saturated rings. The molecule has 0 amide bonds. The van der Waals surface area contributed by atoms with Crippen molar-refractivity contribution in [2.24, 2.45) is 0 Å². The van der Waals surface area contributed by atoms with Crippen LogP contribution in [0.25, 0.3) is 0 Å². The average molecular weight is 236 g/mol. The van der Waals surface area contributed by atoms with Gasteiger partial charge in [-0.3, -0.25) is 4.90 Å². The number of hydrogen-bond acceptors (Lipinski definition) is 5. The van der Waals surface area contributed by atoms with Crippen LogP contribution < -0.4 is 4.90 Å². The summed E-state index contributed by atoms with van der Waals surface area (Å²) in [4.78, 5) is 13.3. The van der Waals surface area contributed by atoms with E-state index in [1.807, 2.05) is 19.2 Å². The maximum atomic E-state index is 8.95. The molecule has 1 aliphatic rings. The molecule has 1 N–H and O–H groups in total. The number of nitrogens with zero attached hydrogens (tertiary/aromatic N) is 4. The van der Waals surface area contributed by atoms with E-state index in [0.717, 1.165) is 50.8 Å². The molecule has 1 saturated heterocycles. The molecular weight excluding hydrogens is 216 g/mol. The Labute approximate surface area is 102 Å². The first-order chi connectivity index (χ1) is 8.29. The van der Waals surface area contributed by atoms with E-state index in [-0.39, 0.29) is 6.61 Å². The molecule has 94 valence electrons. The van der Waals surface area contributed by atoms with Crippen molar-refractivity contribution in [3.05, 3.63) is 18.0 Å². The van der Waals surface area contributed by atoms with Gasteiger partial charge in [-0.2, -0.15) is 0 Å². The summed E-state index contributed by atoms with van der Waals surface area (Å²) >= 11 is 0. The Morgan fingerprint density at radius 1 is 1.29 bits per heavy atom. The molecule has 0 unspecified atom stereocenters. The van der Waals surface area contributed by atoms with E-state index in [0.29, 0.717) is 0 Å². The van der Waals surface area contributed by atoms with Crippen molar-refractivity contribution < 1.29 is 5.11 Å². The Balaban J connectivity index is 1.99. The lowest BCUT2D eigenvalue weighted by molar-refractivity contribution is 0.204. The summed E-state index contributed by atoms with van der Waals surface area (Å²) in [7, 11) is 0. The second-order valence-corrected chi connectivity index (χ2v) is 4.40. The maximum Gasteiger partial charge on any atom is 0.225 e. The number of β-amino-alcohol motifs (C(OH)–C–C–N with tert-alkyl or cyclic N) is 1. The molecule has 0 bridgehead atoms. The van der Waals surface area contributed by atoms with Crippen LogP contribution in [0.2, 0.25) is 0 Å². The first-order valence-electron chi connectivity index (χ1n) is 6.17. The fraction of sp³-hybridized carbons (Fsp3) is 0.667. The van der Waals surface area contributed by atoms with E-state index in [2.05, 4.69) is 19.8 Å². The third-order valence-electron chi connectivity index (χ3n) is 3.07. The van der Waals surface area contributed by atoms with Gasteiger partial charge in [0, 0.05) is 38.1 Å². The van der Waals surface area contributed by atoms with Gasteiger partial charge in [0.25, 0.3) is 0 Å². The zero-order valence-electron chi connectivity index (χ0n) is 10.3. The highest BCUT2D eigenvalue weighted by Crippen LogP contribution is 2.11. The van der Waals surface area contributed by atoms with Crippen LogP contribution in [0.4, 0.5) is 5.95 Å². The molecule has 0 aliphatic carbocycles. The minimum absolute atomic E-state index is 0.237. The van der Waals surface area contributed by atoms with Gasteiger partial charge in [0.05, 0.1) is 6.61 Å². The summed E-state index contributed by atoms with van der Waals surface area (Å²) in [6, 6.07) is 1.92. The Morgan fingerprint density at radius 2 is 2.18 bits per heavy atom. The molecule has 0 saturated carbocycles. The Hall–Kier alpha value is -1.20. The van der Waals surface area contributed by atoms with Crippen LogP contribution in [0.5, 0.6) is 0 Å². The molecular formula is C12H20N4O. The largest absolute Gasteiger partial charge is 0.395 e. The number of rotatable bonds is 3. The van der Waals surface area contributed by atoms with Gasteiger partial charge in [-0.05, 0) is 26.0 Å². The number of aliphatic hydroxyl groups is 1. The summed E-state index contributed by atoms with van der Waals surface area (Å²) in [5.41, 5.74) is 1.01.